The Kier molecular flexibility index (Phi) is 8.23. The predicted molar refractivity (Wildman–Crippen MR) is 236 cm³/mol. The normalized spacial score (nSPS) is 10.9. The summed E-state index contributed by atoms with van der Waals surface area (Å²) in [6.07, 6.45) is 3.66. The second-order valence-electron chi connectivity index (χ2n) is 14.3. The maximum absolute atomic E-state index is 10.3. The number of benzene rings is 7. The largest absolute Gasteiger partial charge is 0.309 e. The van der Waals surface area contributed by atoms with Crippen LogP contribution >= 0.6 is 0 Å². The predicted octanol–water partition coefficient (Wildman–Crippen LogP) is 13.0. The van der Waals surface area contributed by atoms with E-state index in [9.17, 15) is 15.8 Å². The Labute approximate surface area is 344 Å². The molecule has 7 aromatic carbocycles. The molecular formula is C52H26N8. The molecule has 274 valence electrons. The molecule has 0 radical (unpaired) electrons. The number of hydrogen-bond acceptors (Lipinski definition) is 4. The van der Waals surface area contributed by atoms with Crippen LogP contribution in [0.4, 0.5) is 11.4 Å². The Hall–Kier alpha value is -9.26. The van der Waals surface area contributed by atoms with Crippen LogP contribution in [-0.2, 0) is 0 Å². The average Bonchev–Trinajstić information content (AvgIpc) is 3.82. The van der Waals surface area contributed by atoms with Gasteiger partial charge in [-0.05, 0) is 95.1 Å². The molecule has 0 aliphatic heterocycles. The SMILES string of the molecule is [C-]#[N+]c1ccc(-c2ccc3c(c2)c2ccccc2n3-c2cc(C#N)ccc2-c2cnccc2-n2c3ccccc3c3cc(-c4ccc(C#N)cc4[N+]#[C-])ccc32)c(C#N)c1. The third kappa shape index (κ3) is 5.45. The van der Waals surface area contributed by atoms with Crippen LogP contribution in [0.2, 0.25) is 0 Å². The van der Waals surface area contributed by atoms with E-state index >= 15 is 0 Å². The lowest BCUT2D eigenvalue weighted by atomic mass is 9.98. The quantitative estimate of drug-likeness (QED) is 0.163. The highest BCUT2D eigenvalue weighted by Crippen LogP contribution is 2.43. The molecule has 0 bridgehead atoms. The van der Waals surface area contributed by atoms with Gasteiger partial charge in [0.05, 0.1) is 70.4 Å². The van der Waals surface area contributed by atoms with Crippen molar-refractivity contribution in [2.75, 3.05) is 0 Å². The fourth-order valence-electron chi connectivity index (χ4n) is 8.49. The molecule has 0 spiro atoms. The van der Waals surface area contributed by atoms with Crippen LogP contribution in [0.5, 0.6) is 0 Å². The zero-order chi connectivity index (χ0) is 40.9. The average molecular weight is 763 g/mol. The van der Waals surface area contributed by atoms with Crippen molar-refractivity contribution in [3.63, 3.8) is 0 Å². The van der Waals surface area contributed by atoms with Crippen molar-refractivity contribution in [2.45, 2.75) is 0 Å². The minimum atomic E-state index is 0.414. The van der Waals surface area contributed by atoms with Crippen molar-refractivity contribution in [3.8, 4) is 63.0 Å². The van der Waals surface area contributed by atoms with Crippen LogP contribution in [0.25, 0.3) is 98.1 Å². The van der Waals surface area contributed by atoms with Crippen molar-refractivity contribution in [1.29, 1.82) is 15.8 Å². The summed E-state index contributed by atoms with van der Waals surface area (Å²) >= 11 is 0. The lowest BCUT2D eigenvalue weighted by Gasteiger charge is -2.18. The van der Waals surface area contributed by atoms with Crippen molar-refractivity contribution in [3.05, 3.63) is 198 Å². The molecule has 0 unspecified atom stereocenters. The number of pyridine rings is 1. The zero-order valence-electron chi connectivity index (χ0n) is 31.6. The van der Waals surface area contributed by atoms with E-state index in [4.69, 9.17) is 13.1 Å². The number of nitrogens with zero attached hydrogens (tertiary/aromatic N) is 8. The zero-order valence-corrected chi connectivity index (χ0v) is 31.6. The summed E-state index contributed by atoms with van der Waals surface area (Å²) in [4.78, 5) is 11.9. The lowest BCUT2D eigenvalue weighted by Crippen LogP contribution is -2.02. The van der Waals surface area contributed by atoms with Gasteiger partial charge in [-0.15, -0.1) is 0 Å². The smallest absolute Gasteiger partial charge is 0.196 e. The highest BCUT2D eigenvalue weighted by Gasteiger charge is 2.22. The van der Waals surface area contributed by atoms with Gasteiger partial charge in [0.1, 0.15) is 0 Å². The summed E-state index contributed by atoms with van der Waals surface area (Å²) in [5.74, 6) is 0. The van der Waals surface area contributed by atoms with Crippen LogP contribution in [0, 0.1) is 47.1 Å². The van der Waals surface area contributed by atoms with Crippen molar-refractivity contribution in [2.24, 2.45) is 0 Å². The molecule has 0 atom stereocenters. The summed E-state index contributed by atoms with van der Waals surface area (Å²) in [6.45, 7) is 15.3. The van der Waals surface area contributed by atoms with Crippen LogP contribution in [0.15, 0.2) is 158 Å². The molecule has 0 N–H and O–H groups in total. The number of nitriles is 3. The van der Waals surface area contributed by atoms with Crippen molar-refractivity contribution < 1.29 is 0 Å². The van der Waals surface area contributed by atoms with Gasteiger partial charge < -0.3 is 9.13 Å². The number of aromatic nitrogens is 3. The minimum absolute atomic E-state index is 0.414. The number of hydrogen-bond donors (Lipinski definition) is 0. The van der Waals surface area contributed by atoms with E-state index in [0.29, 0.717) is 28.1 Å². The number of fused-ring (bicyclic) bond motifs is 6. The molecule has 3 aromatic heterocycles. The first-order chi connectivity index (χ1) is 29.5. The van der Waals surface area contributed by atoms with E-state index < -0.39 is 0 Å². The molecule has 3 heterocycles. The van der Waals surface area contributed by atoms with Gasteiger partial charge in [0.25, 0.3) is 0 Å². The topological polar surface area (TPSA) is 103 Å². The maximum Gasteiger partial charge on any atom is 0.196 e. The van der Waals surface area contributed by atoms with Gasteiger partial charge in [0, 0.05) is 56.2 Å². The summed E-state index contributed by atoms with van der Waals surface area (Å²) in [5, 5.41) is 33.8. The van der Waals surface area contributed by atoms with Gasteiger partial charge in [0.2, 0.25) is 0 Å². The van der Waals surface area contributed by atoms with Gasteiger partial charge in [0.15, 0.2) is 11.4 Å². The fourth-order valence-corrected chi connectivity index (χ4v) is 8.49. The van der Waals surface area contributed by atoms with Crippen molar-refractivity contribution in [1.82, 2.24) is 14.1 Å². The lowest BCUT2D eigenvalue weighted by molar-refractivity contribution is 1.14. The Morgan fingerprint density at radius 3 is 1.68 bits per heavy atom. The third-order valence-electron chi connectivity index (χ3n) is 11.2. The Morgan fingerprint density at radius 2 is 1.05 bits per heavy atom. The van der Waals surface area contributed by atoms with E-state index in [1.807, 2.05) is 79.0 Å². The van der Waals surface area contributed by atoms with Crippen LogP contribution < -0.4 is 0 Å². The molecule has 10 rings (SSSR count). The van der Waals surface area contributed by atoms with Gasteiger partial charge in [-0.3, -0.25) is 4.98 Å². The molecule has 0 aliphatic rings. The number of para-hydroxylation sites is 2. The van der Waals surface area contributed by atoms with Gasteiger partial charge in [-0.1, -0.05) is 72.8 Å². The molecule has 0 saturated heterocycles. The highest BCUT2D eigenvalue weighted by molar-refractivity contribution is 6.13. The molecule has 0 fully saturated rings. The molecule has 8 heteroatoms. The molecule has 0 aliphatic carbocycles. The minimum Gasteiger partial charge on any atom is -0.309 e. The summed E-state index contributed by atoms with van der Waals surface area (Å²) in [6, 6.07) is 53.7. The molecule has 0 amide bonds. The maximum atomic E-state index is 10.3. The molecular weight excluding hydrogens is 737 g/mol. The second kappa shape index (κ2) is 14.0. The van der Waals surface area contributed by atoms with E-state index in [1.165, 1.54) is 0 Å². The Morgan fingerprint density at radius 1 is 0.467 bits per heavy atom. The summed E-state index contributed by atoms with van der Waals surface area (Å²) < 4.78 is 4.44. The fraction of sp³-hybridized carbons (Fsp3) is 0. The monoisotopic (exact) mass is 762 g/mol. The first-order valence-corrected chi connectivity index (χ1v) is 18.9. The molecule has 8 nitrogen and oxygen atoms in total. The van der Waals surface area contributed by atoms with Crippen LogP contribution in [0.1, 0.15) is 16.7 Å². The summed E-state index contributed by atoms with van der Waals surface area (Å²) in [5.41, 5.74) is 12.7. The molecule has 10 aromatic rings. The number of rotatable bonds is 5. The van der Waals surface area contributed by atoms with Gasteiger partial charge in [-0.2, -0.15) is 15.8 Å². The van der Waals surface area contributed by atoms with Gasteiger partial charge in [-0.25, -0.2) is 9.69 Å². The van der Waals surface area contributed by atoms with Gasteiger partial charge >= 0.3 is 0 Å². The standard InChI is InChI=1S/C52H26N8/c1-56-37-15-18-38(36(25-37)30-55)34-13-19-50-43(26-34)41-8-4-6-10-48(41)60(50)52-24-33(29-54)12-17-42(52)45-31-58-22-21-51(45)59-47-9-5-3-7-40(47)44-27-35(14-20-49(44)59)39-16-11-32(28-53)23-46(39)57-2/h3-27,31H. The second-order valence-corrected chi connectivity index (χ2v) is 14.3. The molecule has 0 saturated carbocycles. The van der Waals surface area contributed by atoms with Crippen LogP contribution in [0.3, 0.4) is 0 Å². The van der Waals surface area contributed by atoms with E-state index in [2.05, 4.69) is 90.5 Å². The Balaban J connectivity index is 1.20. The van der Waals surface area contributed by atoms with Crippen LogP contribution in [-0.4, -0.2) is 14.1 Å². The summed E-state index contributed by atoms with van der Waals surface area (Å²) in [7, 11) is 0. The Bertz CT molecular complexity index is 3680. The van der Waals surface area contributed by atoms with Crippen molar-refractivity contribution >= 4 is 55.0 Å². The van der Waals surface area contributed by atoms with E-state index in [1.54, 1.807) is 30.5 Å². The first-order valence-electron chi connectivity index (χ1n) is 18.9. The highest BCUT2D eigenvalue weighted by atomic mass is 15.0. The third-order valence-corrected chi connectivity index (χ3v) is 11.2. The first kappa shape index (κ1) is 35.2. The van der Waals surface area contributed by atoms with E-state index in [-0.39, 0.29) is 0 Å². The van der Waals surface area contributed by atoms with E-state index in [0.717, 1.165) is 88.4 Å². The molecule has 60 heavy (non-hydrogen) atoms.